The van der Waals surface area contributed by atoms with E-state index in [-0.39, 0.29) is 16.4 Å². The fourth-order valence-electron chi connectivity index (χ4n) is 2.87. The number of esters is 1. The van der Waals surface area contributed by atoms with E-state index in [9.17, 15) is 9.18 Å². The molecule has 3 nitrogen and oxygen atoms in total. The number of ether oxygens (including phenoxy) is 1. The number of hydrogen-bond acceptors (Lipinski definition) is 3. The van der Waals surface area contributed by atoms with Crippen LogP contribution in [-0.2, 0) is 11.3 Å². The molecule has 1 saturated carbocycles. The lowest BCUT2D eigenvalue weighted by Crippen LogP contribution is -2.21. The zero-order valence-corrected chi connectivity index (χ0v) is 12.7. The first-order valence-electron chi connectivity index (χ1n) is 6.82. The Balaban J connectivity index is 2.02. The molecule has 1 aliphatic rings. The molecule has 0 aromatic heterocycles. The van der Waals surface area contributed by atoms with Crippen LogP contribution in [0.2, 0.25) is 0 Å². The fourth-order valence-corrected chi connectivity index (χ4v) is 2.87. The van der Waals surface area contributed by atoms with E-state index in [0.717, 1.165) is 5.56 Å². The van der Waals surface area contributed by atoms with Gasteiger partial charge in [0.15, 0.2) is 0 Å². The number of methoxy groups -OCH3 is 1. The molecule has 1 aromatic rings. The van der Waals surface area contributed by atoms with Crippen molar-refractivity contribution in [3.05, 3.63) is 35.1 Å². The van der Waals surface area contributed by atoms with E-state index in [2.05, 4.69) is 37.7 Å². The van der Waals surface area contributed by atoms with E-state index < -0.39 is 11.8 Å². The predicted molar refractivity (Wildman–Crippen MR) is 75.9 cm³/mol. The van der Waals surface area contributed by atoms with Gasteiger partial charge in [-0.2, -0.15) is 0 Å². The van der Waals surface area contributed by atoms with E-state index in [4.69, 9.17) is 0 Å². The summed E-state index contributed by atoms with van der Waals surface area (Å²) in [5.74, 6) is -1.18. The van der Waals surface area contributed by atoms with Gasteiger partial charge in [0.05, 0.1) is 12.7 Å². The molecule has 20 heavy (non-hydrogen) atoms. The van der Waals surface area contributed by atoms with Gasteiger partial charge in [-0.15, -0.1) is 0 Å². The summed E-state index contributed by atoms with van der Waals surface area (Å²) in [5.41, 5.74) is 1.30. The Morgan fingerprint density at radius 3 is 2.35 bits per heavy atom. The lowest BCUT2D eigenvalue weighted by molar-refractivity contribution is 0.0595. The predicted octanol–water partition coefficient (Wildman–Crippen LogP) is 3.14. The Kier molecular flexibility index (Phi) is 3.63. The molecule has 0 bridgehead atoms. The molecule has 0 aliphatic heterocycles. The Hall–Kier alpha value is -1.42. The van der Waals surface area contributed by atoms with Gasteiger partial charge >= 0.3 is 5.97 Å². The van der Waals surface area contributed by atoms with Gasteiger partial charge in [-0.05, 0) is 28.5 Å². The summed E-state index contributed by atoms with van der Waals surface area (Å²) in [6.07, 6.45) is 0. The maximum Gasteiger partial charge on any atom is 0.340 e. The van der Waals surface area contributed by atoms with Crippen LogP contribution in [0.5, 0.6) is 0 Å². The lowest BCUT2D eigenvalue weighted by Gasteiger charge is -2.08. The minimum atomic E-state index is -0.647. The van der Waals surface area contributed by atoms with Gasteiger partial charge in [-0.25, -0.2) is 9.18 Å². The van der Waals surface area contributed by atoms with Crippen LogP contribution >= 0.6 is 0 Å². The molecular weight excluding hydrogens is 257 g/mol. The number of hydrogen-bond donors (Lipinski definition) is 1. The summed E-state index contributed by atoms with van der Waals surface area (Å²) in [6.45, 7) is 9.50. The maximum absolute atomic E-state index is 13.8. The summed E-state index contributed by atoms with van der Waals surface area (Å²) in [4.78, 5) is 11.3. The van der Waals surface area contributed by atoms with Crippen LogP contribution in [0, 0.1) is 16.6 Å². The molecule has 1 aliphatic carbocycles. The Morgan fingerprint density at radius 2 is 1.90 bits per heavy atom. The quantitative estimate of drug-likeness (QED) is 0.861. The number of halogens is 1. The van der Waals surface area contributed by atoms with Crippen molar-refractivity contribution < 1.29 is 13.9 Å². The van der Waals surface area contributed by atoms with Crippen LogP contribution in [-0.4, -0.2) is 19.1 Å². The normalized spacial score (nSPS) is 19.7. The molecule has 1 N–H and O–H groups in total. The molecule has 1 aromatic carbocycles. The van der Waals surface area contributed by atoms with Crippen molar-refractivity contribution >= 4 is 5.97 Å². The lowest BCUT2D eigenvalue weighted by atomic mass is 10.0. The highest BCUT2D eigenvalue weighted by molar-refractivity contribution is 5.89. The Labute approximate surface area is 119 Å². The summed E-state index contributed by atoms with van der Waals surface area (Å²) in [7, 11) is 1.24. The number of benzene rings is 1. The van der Waals surface area contributed by atoms with Gasteiger partial charge in [0.25, 0.3) is 0 Å². The van der Waals surface area contributed by atoms with Crippen LogP contribution < -0.4 is 5.32 Å². The third-order valence-corrected chi connectivity index (χ3v) is 4.97. The smallest absolute Gasteiger partial charge is 0.340 e. The Bertz CT molecular complexity index is 523. The van der Waals surface area contributed by atoms with E-state index in [1.807, 2.05) is 0 Å². The van der Waals surface area contributed by atoms with E-state index in [1.165, 1.54) is 19.2 Å². The van der Waals surface area contributed by atoms with Crippen molar-refractivity contribution in [3.8, 4) is 0 Å². The van der Waals surface area contributed by atoms with E-state index in [1.54, 1.807) is 6.07 Å². The molecule has 0 spiro atoms. The highest BCUT2D eigenvalue weighted by Crippen LogP contribution is 2.62. The summed E-state index contributed by atoms with van der Waals surface area (Å²) in [5, 5.41) is 3.46. The highest BCUT2D eigenvalue weighted by atomic mass is 19.1. The summed E-state index contributed by atoms with van der Waals surface area (Å²) < 4.78 is 18.3. The van der Waals surface area contributed by atoms with E-state index in [0.29, 0.717) is 12.6 Å². The first kappa shape index (κ1) is 15.0. The molecule has 0 amide bonds. The largest absolute Gasteiger partial charge is 0.465 e. The van der Waals surface area contributed by atoms with Crippen molar-refractivity contribution in [1.29, 1.82) is 0 Å². The van der Waals surface area contributed by atoms with Crippen LogP contribution in [0.25, 0.3) is 0 Å². The number of rotatable bonds is 4. The van der Waals surface area contributed by atoms with Gasteiger partial charge in [0, 0.05) is 12.6 Å². The van der Waals surface area contributed by atoms with Crippen molar-refractivity contribution in [1.82, 2.24) is 5.32 Å². The minimum Gasteiger partial charge on any atom is -0.465 e. The second-order valence-electron chi connectivity index (χ2n) is 6.56. The van der Waals surface area contributed by atoms with Crippen molar-refractivity contribution in [2.45, 2.75) is 40.3 Å². The first-order chi connectivity index (χ1) is 9.21. The summed E-state index contributed by atoms with van der Waals surface area (Å²) >= 11 is 0. The third-order valence-electron chi connectivity index (χ3n) is 4.97. The molecule has 1 fully saturated rings. The average molecular weight is 279 g/mol. The van der Waals surface area contributed by atoms with Crippen LogP contribution in [0.4, 0.5) is 4.39 Å². The van der Waals surface area contributed by atoms with Crippen LogP contribution in [0.3, 0.4) is 0 Å². The van der Waals surface area contributed by atoms with Crippen LogP contribution in [0.1, 0.15) is 43.6 Å². The molecule has 4 heteroatoms. The second-order valence-corrected chi connectivity index (χ2v) is 6.56. The highest BCUT2D eigenvalue weighted by Gasteiger charge is 2.64. The van der Waals surface area contributed by atoms with Gasteiger partial charge in [0.1, 0.15) is 5.82 Å². The monoisotopic (exact) mass is 279 g/mol. The zero-order valence-electron chi connectivity index (χ0n) is 12.7. The molecular formula is C16H22FNO2. The van der Waals surface area contributed by atoms with Crippen LogP contribution in [0.15, 0.2) is 18.2 Å². The van der Waals surface area contributed by atoms with Crippen molar-refractivity contribution in [2.24, 2.45) is 10.8 Å². The first-order valence-corrected chi connectivity index (χ1v) is 6.82. The number of carbonyl (C=O) groups is 1. The fraction of sp³-hybridized carbons (Fsp3) is 0.562. The zero-order chi connectivity index (χ0) is 15.1. The SMILES string of the molecule is COC(=O)c1ccc(CNC2C(C)(C)C2(C)C)cc1F. The van der Waals surface area contributed by atoms with Gasteiger partial charge in [0.2, 0.25) is 0 Å². The average Bonchev–Trinajstić information content (AvgIpc) is 2.76. The van der Waals surface area contributed by atoms with Gasteiger partial charge < -0.3 is 10.1 Å². The van der Waals surface area contributed by atoms with Crippen molar-refractivity contribution in [3.63, 3.8) is 0 Å². The third kappa shape index (κ3) is 2.33. The molecule has 0 unspecified atom stereocenters. The number of carbonyl (C=O) groups excluding carboxylic acids is 1. The van der Waals surface area contributed by atoms with Gasteiger partial charge in [-0.3, -0.25) is 0 Å². The maximum atomic E-state index is 13.8. The topological polar surface area (TPSA) is 38.3 Å². The van der Waals surface area contributed by atoms with Gasteiger partial charge in [-0.1, -0.05) is 33.8 Å². The molecule has 0 atom stereocenters. The molecule has 2 rings (SSSR count). The van der Waals surface area contributed by atoms with Crippen molar-refractivity contribution in [2.75, 3.05) is 7.11 Å². The molecule has 110 valence electrons. The molecule has 0 saturated heterocycles. The standard InChI is InChI=1S/C16H22FNO2/c1-15(2)14(16(15,3)4)18-9-10-6-7-11(12(17)8-10)13(19)20-5/h6-8,14,18H,9H2,1-5H3. The van der Waals surface area contributed by atoms with E-state index >= 15 is 0 Å². The Morgan fingerprint density at radius 1 is 1.30 bits per heavy atom. The summed E-state index contributed by atoms with van der Waals surface area (Å²) in [6, 6.07) is 5.03. The second kappa shape index (κ2) is 4.85. The number of nitrogens with one attached hydrogen (secondary N) is 1. The minimum absolute atomic E-state index is 0.0247. The molecule has 0 heterocycles. The molecule has 0 radical (unpaired) electrons.